The Morgan fingerprint density at radius 2 is 1.46 bits per heavy atom. The van der Waals surface area contributed by atoms with Gasteiger partial charge >= 0.3 is 0 Å². The zero-order valence-electron chi connectivity index (χ0n) is 14.7. The second-order valence-corrected chi connectivity index (χ2v) is 7.39. The molecule has 1 atom stereocenters. The number of hydrogen-bond donors (Lipinski definition) is 0. The Kier molecular flexibility index (Phi) is 5.32. The molecule has 24 heavy (non-hydrogen) atoms. The molecule has 1 unspecified atom stereocenters. The number of piperazine rings is 1. The number of alkyl halides is 1. The van der Waals surface area contributed by atoms with Crippen molar-refractivity contribution in [2.45, 2.75) is 38.5 Å². The van der Waals surface area contributed by atoms with Gasteiger partial charge in [-0.2, -0.15) is 0 Å². The zero-order chi connectivity index (χ0) is 17.0. The van der Waals surface area contributed by atoms with Crippen molar-refractivity contribution >= 4 is 0 Å². The summed E-state index contributed by atoms with van der Waals surface area (Å²) in [5, 5.41) is 0. The molecule has 0 N–H and O–H groups in total. The molecule has 1 aliphatic heterocycles. The summed E-state index contributed by atoms with van der Waals surface area (Å²) in [5.74, 6) is 0. The minimum absolute atomic E-state index is 0.0559. The molecule has 1 fully saturated rings. The lowest BCUT2D eigenvalue weighted by molar-refractivity contribution is -0.0423. The summed E-state index contributed by atoms with van der Waals surface area (Å²) in [6.45, 7) is 7.58. The van der Waals surface area contributed by atoms with Crippen molar-refractivity contribution in [1.29, 1.82) is 0 Å². The predicted molar refractivity (Wildman–Crippen MR) is 97.5 cm³/mol. The first-order valence-corrected chi connectivity index (χ1v) is 8.71. The highest BCUT2D eigenvalue weighted by molar-refractivity contribution is 5.17. The Bertz CT molecular complexity index is 627. The van der Waals surface area contributed by atoms with E-state index in [-0.39, 0.29) is 18.3 Å². The molecular weight excluding hydrogens is 299 g/mol. The van der Waals surface area contributed by atoms with Gasteiger partial charge in [0.05, 0.1) is 6.04 Å². The van der Waals surface area contributed by atoms with Crippen LogP contribution in [0.3, 0.4) is 0 Å². The summed E-state index contributed by atoms with van der Waals surface area (Å²) < 4.78 is 13.8. The van der Waals surface area contributed by atoms with Crippen LogP contribution in [0.15, 0.2) is 60.7 Å². The van der Waals surface area contributed by atoms with Gasteiger partial charge in [0.2, 0.25) is 0 Å². The average molecular weight is 326 g/mol. The fourth-order valence-corrected chi connectivity index (χ4v) is 3.81. The van der Waals surface area contributed by atoms with Gasteiger partial charge in [-0.3, -0.25) is 9.80 Å². The molecule has 1 aliphatic rings. The molecule has 1 saturated heterocycles. The Balaban J connectivity index is 1.73. The molecular formula is C21H27FN2. The van der Waals surface area contributed by atoms with Gasteiger partial charge in [0.1, 0.15) is 6.67 Å². The van der Waals surface area contributed by atoms with E-state index >= 15 is 0 Å². The van der Waals surface area contributed by atoms with Crippen LogP contribution in [0.25, 0.3) is 0 Å². The van der Waals surface area contributed by atoms with Crippen molar-refractivity contribution in [2.75, 3.05) is 19.8 Å². The second kappa shape index (κ2) is 7.45. The van der Waals surface area contributed by atoms with Crippen LogP contribution in [0.2, 0.25) is 0 Å². The van der Waals surface area contributed by atoms with Crippen LogP contribution in [0.5, 0.6) is 0 Å². The van der Waals surface area contributed by atoms with E-state index in [9.17, 15) is 4.39 Å². The molecule has 0 bridgehead atoms. The van der Waals surface area contributed by atoms with Crippen LogP contribution in [0.4, 0.5) is 4.39 Å². The second-order valence-electron chi connectivity index (χ2n) is 7.39. The molecule has 2 nitrogen and oxygen atoms in total. The van der Waals surface area contributed by atoms with Crippen molar-refractivity contribution in [2.24, 2.45) is 0 Å². The van der Waals surface area contributed by atoms with Gasteiger partial charge in [-0.25, -0.2) is 4.39 Å². The summed E-state index contributed by atoms with van der Waals surface area (Å²) in [7, 11) is 0. The van der Waals surface area contributed by atoms with Crippen LogP contribution in [-0.4, -0.2) is 41.1 Å². The molecule has 3 rings (SSSR count). The van der Waals surface area contributed by atoms with E-state index in [4.69, 9.17) is 0 Å². The van der Waals surface area contributed by atoms with Crippen LogP contribution >= 0.6 is 0 Å². The van der Waals surface area contributed by atoms with E-state index in [1.165, 1.54) is 11.1 Å². The number of hydrogen-bond acceptors (Lipinski definition) is 2. The van der Waals surface area contributed by atoms with E-state index in [1.54, 1.807) is 0 Å². The maximum absolute atomic E-state index is 13.8. The van der Waals surface area contributed by atoms with Crippen molar-refractivity contribution < 1.29 is 4.39 Å². The standard InChI is InChI=1S/C21H27FN2/c1-21(2)17-23(14-18-9-5-3-6-10-18)16-20(13-22)24(21)15-19-11-7-4-8-12-19/h3-12,20H,13-17H2,1-2H3. The van der Waals surface area contributed by atoms with Crippen LogP contribution in [0.1, 0.15) is 25.0 Å². The maximum atomic E-state index is 13.8. The highest BCUT2D eigenvalue weighted by Crippen LogP contribution is 2.28. The van der Waals surface area contributed by atoms with Crippen LogP contribution in [0, 0.1) is 0 Å². The number of benzene rings is 2. The summed E-state index contributed by atoms with van der Waals surface area (Å²) in [5.41, 5.74) is 2.49. The molecule has 3 heteroatoms. The largest absolute Gasteiger partial charge is 0.296 e. The molecule has 2 aromatic rings. The van der Waals surface area contributed by atoms with Crippen molar-refractivity contribution in [3.8, 4) is 0 Å². The Hall–Kier alpha value is -1.71. The highest BCUT2D eigenvalue weighted by atomic mass is 19.1. The maximum Gasteiger partial charge on any atom is 0.106 e. The first kappa shape index (κ1) is 17.1. The first-order valence-electron chi connectivity index (χ1n) is 8.71. The summed E-state index contributed by atoms with van der Waals surface area (Å²) in [6.07, 6.45) is 0. The minimum atomic E-state index is -0.304. The summed E-state index contributed by atoms with van der Waals surface area (Å²) in [6, 6.07) is 20.8. The lowest BCUT2D eigenvalue weighted by Crippen LogP contribution is -2.63. The third-order valence-electron chi connectivity index (χ3n) is 4.92. The van der Waals surface area contributed by atoms with Gasteiger partial charge in [0.15, 0.2) is 0 Å². The number of rotatable bonds is 5. The molecule has 0 spiro atoms. The normalized spacial score (nSPS) is 21.7. The number of halogens is 1. The van der Waals surface area contributed by atoms with E-state index in [2.05, 4.69) is 72.2 Å². The predicted octanol–water partition coefficient (Wildman–Crippen LogP) is 4.12. The quantitative estimate of drug-likeness (QED) is 0.815. The van der Waals surface area contributed by atoms with Crippen LogP contribution < -0.4 is 0 Å². The van der Waals surface area contributed by atoms with Gasteiger partial charge in [-0.05, 0) is 25.0 Å². The van der Waals surface area contributed by atoms with E-state index in [0.29, 0.717) is 0 Å². The number of nitrogens with zero attached hydrogens (tertiary/aromatic N) is 2. The molecule has 0 radical (unpaired) electrons. The summed E-state index contributed by atoms with van der Waals surface area (Å²) in [4.78, 5) is 4.73. The van der Waals surface area contributed by atoms with E-state index in [1.807, 2.05) is 12.1 Å². The smallest absolute Gasteiger partial charge is 0.106 e. The lowest BCUT2D eigenvalue weighted by Gasteiger charge is -2.51. The zero-order valence-corrected chi connectivity index (χ0v) is 14.7. The van der Waals surface area contributed by atoms with Crippen LogP contribution in [-0.2, 0) is 13.1 Å². The fraction of sp³-hybridized carbons (Fsp3) is 0.429. The Morgan fingerprint density at radius 3 is 2.00 bits per heavy atom. The third kappa shape index (κ3) is 4.03. The van der Waals surface area contributed by atoms with Gasteiger partial charge in [0, 0.05) is 31.7 Å². The minimum Gasteiger partial charge on any atom is -0.296 e. The monoisotopic (exact) mass is 326 g/mol. The third-order valence-corrected chi connectivity index (χ3v) is 4.92. The molecule has 128 valence electrons. The topological polar surface area (TPSA) is 6.48 Å². The fourth-order valence-electron chi connectivity index (χ4n) is 3.81. The first-order chi connectivity index (χ1) is 11.6. The van der Waals surface area contributed by atoms with Crippen molar-refractivity contribution in [1.82, 2.24) is 9.80 Å². The molecule has 0 aliphatic carbocycles. The van der Waals surface area contributed by atoms with Gasteiger partial charge < -0.3 is 0 Å². The van der Waals surface area contributed by atoms with E-state index < -0.39 is 0 Å². The lowest BCUT2D eigenvalue weighted by atomic mass is 9.93. The van der Waals surface area contributed by atoms with Gasteiger partial charge in [-0.15, -0.1) is 0 Å². The Labute approximate surface area is 144 Å². The van der Waals surface area contributed by atoms with Gasteiger partial charge in [-0.1, -0.05) is 60.7 Å². The SMILES string of the molecule is CC1(C)CN(Cc2ccccc2)CC(CF)N1Cc1ccccc1. The molecule has 0 aromatic heterocycles. The van der Waals surface area contributed by atoms with Crippen molar-refractivity contribution in [3.05, 3.63) is 71.8 Å². The summed E-state index contributed by atoms with van der Waals surface area (Å²) >= 11 is 0. The van der Waals surface area contributed by atoms with Crippen molar-refractivity contribution in [3.63, 3.8) is 0 Å². The van der Waals surface area contributed by atoms with E-state index in [0.717, 1.165) is 26.2 Å². The molecule has 2 aromatic carbocycles. The molecule has 0 amide bonds. The Morgan fingerprint density at radius 1 is 0.917 bits per heavy atom. The highest BCUT2D eigenvalue weighted by Gasteiger charge is 2.39. The average Bonchev–Trinajstić information content (AvgIpc) is 2.58. The molecule has 1 heterocycles. The van der Waals surface area contributed by atoms with Gasteiger partial charge in [0.25, 0.3) is 0 Å². The molecule has 0 saturated carbocycles.